The van der Waals surface area contributed by atoms with Crippen LogP contribution in [-0.2, 0) is 0 Å². The van der Waals surface area contributed by atoms with Crippen LogP contribution in [0.15, 0.2) is 0 Å². The van der Waals surface area contributed by atoms with Gasteiger partial charge in [-0.1, -0.05) is 33.6 Å². The van der Waals surface area contributed by atoms with Gasteiger partial charge in [0.1, 0.15) is 0 Å². The molecule has 0 spiro atoms. The fraction of sp³-hybridized carbons (Fsp3) is 1.00. The van der Waals surface area contributed by atoms with Crippen LogP contribution in [0.1, 0.15) is 40.0 Å². The summed E-state index contributed by atoms with van der Waals surface area (Å²) in [6, 6.07) is 0. The molecule has 2 unspecified atom stereocenters. The van der Waals surface area contributed by atoms with Crippen LogP contribution >= 0.6 is 0 Å². The van der Waals surface area contributed by atoms with E-state index in [9.17, 15) is 0 Å². The summed E-state index contributed by atoms with van der Waals surface area (Å²) in [5, 5.41) is 3.58. The fourth-order valence-electron chi connectivity index (χ4n) is 1.73. The average Bonchev–Trinajstić information content (AvgIpc) is 2.76. The first-order valence-corrected chi connectivity index (χ1v) is 5.48. The Morgan fingerprint density at radius 1 is 1.33 bits per heavy atom. The zero-order valence-corrected chi connectivity index (χ0v) is 8.77. The Labute approximate surface area is 76.9 Å². The van der Waals surface area contributed by atoms with Gasteiger partial charge in [-0.2, -0.15) is 0 Å². The van der Waals surface area contributed by atoms with Crippen LogP contribution < -0.4 is 5.32 Å². The summed E-state index contributed by atoms with van der Waals surface area (Å²) in [5.74, 6) is 2.90. The molecule has 0 amide bonds. The summed E-state index contributed by atoms with van der Waals surface area (Å²) in [5.41, 5.74) is 0. The SMILES string of the molecule is CCC(CC)CNCC1CC1C. The smallest absolute Gasteiger partial charge is 0.00177 e. The van der Waals surface area contributed by atoms with Crippen molar-refractivity contribution in [1.82, 2.24) is 5.32 Å². The van der Waals surface area contributed by atoms with Gasteiger partial charge in [0.25, 0.3) is 0 Å². The highest BCUT2D eigenvalue weighted by Gasteiger charge is 2.31. The van der Waals surface area contributed by atoms with E-state index in [1.54, 1.807) is 0 Å². The number of hydrogen-bond donors (Lipinski definition) is 1. The molecular weight excluding hydrogens is 146 g/mol. The van der Waals surface area contributed by atoms with E-state index >= 15 is 0 Å². The highest BCUT2D eigenvalue weighted by atomic mass is 14.9. The molecule has 0 aromatic rings. The minimum Gasteiger partial charge on any atom is -0.316 e. The van der Waals surface area contributed by atoms with Gasteiger partial charge in [-0.3, -0.25) is 0 Å². The van der Waals surface area contributed by atoms with Gasteiger partial charge in [-0.25, -0.2) is 0 Å². The molecule has 1 nitrogen and oxygen atoms in total. The third-order valence-electron chi connectivity index (χ3n) is 3.27. The Bertz CT molecular complexity index is 118. The molecule has 0 aromatic heterocycles. The normalized spacial score (nSPS) is 28.0. The molecule has 0 radical (unpaired) electrons. The second-order valence-corrected chi connectivity index (χ2v) is 4.31. The summed E-state index contributed by atoms with van der Waals surface area (Å²) < 4.78 is 0. The van der Waals surface area contributed by atoms with E-state index in [0.717, 1.165) is 17.8 Å². The predicted molar refractivity (Wildman–Crippen MR) is 54.2 cm³/mol. The first-order valence-electron chi connectivity index (χ1n) is 5.48. The summed E-state index contributed by atoms with van der Waals surface area (Å²) >= 11 is 0. The molecule has 1 aliphatic rings. The molecule has 0 bridgehead atoms. The maximum Gasteiger partial charge on any atom is -0.00177 e. The van der Waals surface area contributed by atoms with Crippen molar-refractivity contribution in [2.75, 3.05) is 13.1 Å². The lowest BCUT2D eigenvalue weighted by Crippen LogP contribution is -2.24. The monoisotopic (exact) mass is 169 g/mol. The van der Waals surface area contributed by atoms with Crippen LogP contribution in [0.3, 0.4) is 0 Å². The van der Waals surface area contributed by atoms with Gasteiger partial charge in [0.05, 0.1) is 0 Å². The second kappa shape index (κ2) is 4.86. The third kappa shape index (κ3) is 3.14. The molecule has 1 saturated carbocycles. The van der Waals surface area contributed by atoms with Gasteiger partial charge in [0, 0.05) is 0 Å². The van der Waals surface area contributed by atoms with Crippen LogP contribution in [0, 0.1) is 17.8 Å². The van der Waals surface area contributed by atoms with E-state index < -0.39 is 0 Å². The van der Waals surface area contributed by atoms with Gasteiger partial charge >= 0.3 is 0 Å². The lowest BCUT2D eigenvalue weighted by atomic mass is 10.0. The lowest BCUT2D eigenvalue weighted by Gasteiger charge is -2.12. The Kier molecular flexibility index (Phi) is 4.07. The molecule has 0 heterocycles. The molecule has 1 heteroatoms. The second-order valence-electron chi connectivity index (χ2n) is 4.31. The molecule has 12 heavy (non-hydrogen) atoms. The minimum absolute atomic E-state index is 0.902. The standard InChI is InChI=1S/C11H23N/c1-4-10(5-2)7-12-8-11-6-9(11)3/h9-12H,4-8H2,1-3H3. The van der Waals surface area contributed by atoms with Crippen LogP contribution in [0.2, 0.25) is 0 Å². The van der Waals surface area contributed by atoms with E-state index in [4.69, 9.17) is 0 Å². The van der Waals surface area contributed by atoms with Crippen LogP contribution in [0.4, 0.5) is 0 Å². The van der Waals surface area contributed by atoms with E-state index in [0.29, 0.717) is 0 Å². The van der Waals surface area contributed by atoms with E-state index in [1.807, 2.05) is 0 Å². The lowest BCUT2D eigenvalue weighted by molar-refractivity contribution is 0.441. The maximum absolute atomic E-state index is 3.58. The Balaban J connectivity index is 1.93. The van der Waals surface area contributed by atoms with Crippen molar-refractivity contribution in [3.8, 4) is 0 Å². The molecule has 2 atom stereocenters. The van der Waals surface area contributed by atoms with E-state index in [2.05, 4.69) is 26.1 Å². The fourth-order valence-corrected chi connectivity index (χ4v) is 1.73. The Morgan fingerprint density at radius 2 is 1.92 bits per heavy atom. The highest BCUT2D eigenvalue weighted by Crippen LogP contribution is 2.36. The first-order chi connectivity index (χ1) is 5.77. The van der Waals surface area contributed by atoms with Gasteiger partial charge in [0.2, 0.25) is 0 Å². The molecule has 0 saturated heterocycles. The van der Waals surface area contributed by atoms with E-state index in [1.165, 1.54) is 32.4 Å². The quantitative estimate of drug-likeness (QED) is 0.644. The predicted octanol–water partition coefficient (Wildman–Crippen LogP) is 2.67. The van der Waals surface area contributed by atoms with Gasteiger partial charge in [-0.15, -0.1) is 0 Å². The van der Waals surface area contributed by atoms with Crippen molar-refractivity contribution in [3.05, 3.63) is 0 Å². The molecule has 1 fully saturated rings. The van der Waals surface area contributed by atoms with Crippen molar-refractivity contribution < 1.29 is 0 Å². The number of hydrogen-bond acceptors (Lipinski definition) is 1. The average molecular weight is 169 g/mol. The van der Waals surface area contributed by atoms with Crippen LogP contribution in [0.25, 0.3) is 0 Å². The summed E-state index contributed by atoms with van der Waals surface area (Å²) in [4.78, 5) is 0. The Morgan fingerprint density at radius 3 is 2.33 bits per heavy atom. The molecule has 1 N–H and O–H groups in total. The van der Waals surface area contributed by atoms with Crippen molar-refractivity contribution >= 4 is 0 Å². The molecule has 0 aliphatic heterocycles. The van der Waals surface area contributed by atoms with Crippen molar-refractivity contribution in [3.63, 3.8) is 0 Å². The van der Waals surface area contributed by atoms with Crippen molar-refractivity contribution in [2.24, 2.45) is 17.8 Å². The topological polar surface area (TPSA) is 12.0 Å². The minimum atomic E-state index is 0.902. The summed E-state index contributed by atoms with van der Waals surface area (Å²) in [6.45, 7) is 9.42. The van der Waals surface area contributed by atoms with Gasteiger partial charge in [-0.05, 0) is 37.3 Å². The Hall–Kier alpha value is -0.0400. The number of nitrogens with one attached hydrogen (secondary N) is 1. The number of rotatable bonds is 6. The van der Waals surface area contributed by atoms with Crippen LogP contribution in [-0.4, -0.2) is 13.1 Å². The molecule has 72 valence electrons. The summed E-state index contributed by atoms with van der Waals surface area (Å²) in [6.07, 6.45) is 4.10. The van der Waals surface area contributed by atoms with Crippen molar-refractivity contribution in [1.29, 1.82) is 0 Å². The molecular formula is C11H23N. The molecule has 0 aromatic carbocycles. The zero-order chi connectivity index (χ0) is 8.97. The summed E-state index contributed by atoms with van der Waals surface area (Å²) in [7, 11) is 0. The molecule has 1 rings (SSSR count). The third-order valence-corrected chi connectivity index (χ3v) is 3.27. The molecule has 1 aliphatic carbocycles. The van der Waals surface area contributed by atoms with Crippen molar-refractivity contribution in [2.45, 2.75) is 40.0 Å². The highest BCUT2D eigenvalue weighted by molar-refractivity contribution is 4.84. The van der Waals surface area contributed by atoms with E-state index in [-0.39, 0.29) is 0 Å². The van der Waals surface area contributed by atoms with Gasteiger partial charge in [0.15, 0.2) is 0 Å². The first kappa shape index (κ1) is 10.0. The van der Waals surface area contributed by atoms with Crippen LogP contribution in [0.5, 0.6) is 0 Å². The maximum atomic E-state index is 3.58. The zero-order valence-electron chi connectivity index (χ0n) is 8.77. The largest absolute Gasteiger partial charge is 0.316 e. The van der Waals surface area contributed by atoms with Gasteiger partial charge < -0.3 is 5.32 Å².